The lowest BCUT2D eigenvalue weighted by atomic mass is 10.0. The summed E-state index contributed by atoms with van der Waals surface area (Å²) in [6.45, 7) is 2.32. The van der Waals surface area contributed by atoms with Gasteiger partial charge in [-0.25, -0.2) is 9.97 Å². The highest BCUT2D eigenvalue weighted by atomic mass is 35.5. The van der Waals surface area contributed by atoms with Gasteiger partial charge >= 0.3 is 0 Å². The molecule has 0 aliphatic heterocycles. The van der Waals surface area contributed by atoms with E-state index in [1.165, 1.54) is 6.20 Å². The van der Waals surface area contributed by atoms with Gasteiger partial charge in [-0.3, -0.25) is 4.79 Å². The topological polar surface area (TPSA) is 143 Å². The fraction of sp³-hybridized carbons (Fsp3) is 0.115. The standard InChI is InChI=1S/C26H23ClN6O2/c1-15-6-9-18(27)12-19(15)24-20(25(28)35)13-22(32-24)23-17(14-31-26(29)33-23)8-7-16-4-2-3-5-21(16)30-10-11-34/h2-6,9,12-14,30,32,34H,10-11H2,1H3,(H2,28,35)(H2,29,31,33). The first kappa shape index (κ1) is 23.8. The molecule has 8 nitrogen and oxygen atoms in total. The second-order valence-electron chi connectivity index (χ2n) is 7.73. The average Bonchev–Trinajstić information content (AvgIpc) is 3.29. The van der Waals surface area contributed by atoms with E-state index in [9.17, 15) is 4.79 Å². The number of carbonyl (C=O) groups excluding carboxylic acids is 1. The maximum Gasteiger partial charge on any atom is 0.250 e. The van der Waals surface area contributed by atoms with Crippen molar-refractivity contribution in [3.05, 3.63) is 82.0 Å². The molecule has 0 aliphatic carbocycles. The number of aryl methyl sites for hydroxylation is 1. The Kier molecular flexibility index (Phi) is 7.01. The minimum absolute atomic E-state index is 0.00116. The molecule has 0 bridgehead atoms. The number of anilines is 2. The van der Waals surface area contributed by atoms with Crippen LogP contribution in [0.2, 0.25) is 5.02 Å². The molecular weight excluding hydrogens is 464 g/mol. The van der Waals surface area contributed by atoms with Crippen molar-refractivity contribution >= 4 is 29.1 Å². The van der Waals surface area contributed by atoms with Gasteiger partial charge in [0.2, 0.25) is 5.95 Å². The van der Waals surface area contributed by atoms with E-state index in [1.807, 2.05) is 37.3 Å². The maximum atomic E-state index is 12.3. The number of H-pyrrole nitrogens is 1. The SMILES string of the molecule is Cc1ccc(Cl)cc1-c1[nH]c(-c2nc(N)ncc2C#Cc2ccccc2NCCO)cc1C(N)=O. The summed E-state index contributed by atoms with van der Waals surface area (Å²) in [6, 6.07) is 14.5. The fourth-order valence-corrected chi connectivity index (χ4v) is 3.79. The molecule has 0 fully saturated rings. The molecule has 0 spiro atoms. The van der Waals surface area contributed by atoms with Crippen molar-refractivity contribution in [2.75, 3.05) is 24.2 Å². The molecule has 9 heteroatoms. The van der Waals surface area contributed by atoms with Gasteiger partial charge in [-0.15, -0.1) is 0 Å². The number of primary amides is 1. The molecule has 7 N–H and O–H groups in total. The number of nitrogens with one attached hydrogen (secondary N) is 2. The van der Waals surface area contributed by atoms with Crippen LogP contribution in [0.15, 0.2) is 54.7 Å². The van der Waals surface area contributed by atoms with Crippen LogP contribution in [0.5, 0.6) is 0 Å². The van der Waals surface area contributed by atoms with Crippen LogP contribution in [0, 0.1) is 18.8 Å². The number of benzene rings is 2. The summed E-state index contributed by atoms with van der Waals surface area (Å²) in [6.07, 6.45) is 1.53. The summed E-state index contributed by atoms with van der Waals surface area (Å²) in [4.78, 5) is 24.0. The summed E-state index contributed by atoms with van der Waals surface area (Å²) >= 11 is 6.21. The summed E-state index contributed by atoms with van der Waals surface area (Å²) in [5.74, 6) is 5.69. The van der Waals surface area contributed by atoms with Crippen molar-refractivity contribution in [2.24, 2.45) is 5.73 Å². The highest BCUT2D eigenvalue weighted by Crippen LogP contribution is 2.33. The summed E-state index contributed by atoms with van der Waals surface area (Å²) in [5.41, 5.74) is 17.0. The van der Waals surface area contributed by atoms with Crippen LogP contribution in [0.1, 0.15) is 27.0 Å². The molecule has 0 saturated heterocycles. The highest BCUT2D eigenvalue weighted by Gasteiger charge is 2.19. The van der Waals surface area contributed by atoms with Crippen molar-refractivity contribution in [2.45, 2.75) is 6.92 Å². The number of nitrogen functional groups attached to an aromatic ring is 1. The minimum Gasteiger partial charge on any atom is -0.395 e. The Labute approximate surface area is 207 Å². The number of halogens is 1. The third-order valence-electron chi connectivity index (χ3n) is 5.30. The first-order chi connectivity index (χ1) is 16.9. The Balaban J connectivity index is 1.83. The van der Waals surface area contributed by atoms with Gasteiger partial charge in [0.25, 0.3) is 5.91 Å². The zero-order valence-electron chi connectivity index (χ0n) is 18.9. The lowest BCUT2D eigenvalue weighted by Crippen LogP contribution is -2.11. The molecular formula is C26H23ClN6O2. The summed E-state index contributed by atoms with van der Waals surface area (Å²) in [5, 5.41) is 12.8. The number of aliphatic hydroxyl groups is 1. The van der Waals surface area contributed by atoms with Crippen LogP contribution in [0.4, 0.5) is 11.6 Å². The van der Waals surface area contributed by atoms with Crippen molar-refractivity contribution in [1.82, 2.24) is 15.0 Å². The first-order valence-electron chi connectivity index (χ1n) is 10.8. The van der Waals surface area contributed by atoms with Crippen LogP contribution < -0.4 is 16.8 Å². The van der Waals surface area contributed by atoms with Crippen LogP contribution in [-0.2, 0) is 0 Å². The molecule has 4 aromatic rings. The molecule has 35 heavy (non-hydrogen) atoms. The average molecular weight is 487 g/mol. The number of aromatic nitrogens is 3. The van der Waals surface area contributed by atoms with Crippen LogP contribution in [0.25, 0.3) is 22.6 Å². The number of para-hydroxylation sites is 1. The zero-order chi connectivity index (χ0) is 24.9. The van der Waals surface area contributed by atoms with Gasteiger partial charge in [0.1, 0.15) is 5.69 Å². The van der Waals surface area contributed by atoms with Crippen LogP contribution >= 0.6 is 11.6 Å². The van der Waals surface area contributed by atoms with Crippen LogP contribution in [-0.4, -0.2) is 39.1 Å². The zero-order valence-corrected chi connectivity index (χ0v) is 19.6. The number of nitrogens with zero attached hydrogens (tertiary/aromatic N) is 2. The van der Waals surface area contributed by atoms with Crippen molar-refractivity contribution in [3.8, 4) is 34.5 Å². The summed E-state index contributed by atoms with van der Waals surface area (Å²) in [7, 11) is 0. The Morgan fingerprint density at radius 1 is 1.17 bits per heavy atom. The molecule has 2 aromatic heterocycles. The smallest absolute Gasteiger partial charge is 0.250 e. The third-order valence-corrected chi connectivity index (χ3v) is 5.54. The van der Waals surface area contributed by atoms with Gasteiger partial charge in [-0.2, -0.15) is 0 Å². The molecule has 4 rings (SSSR count). The van der Waals surface area contributed by atoms with Gasteiger partial charge in [-0.1, -0.05) is 41.6 Å². The van der Waals surface area contributed by atoms with Crippen molar-refractivity contribution in [1.29, 1.82) is 0 Å². The number of rotatable bonds is 6. The van der Waals surface area contributed by atoms with E-state index in [0.29, 0.717) is 39.8 Å². The predicted molar refractivity (Wildman–Crippen MR) is 138 cm³/mol. The molecule has 1 amide bonds. The van der Waals surface area contributed by atoms with E-state index >= 15 is 0 Å². The first-order valence-corrected chi connectivity index (χ1v) is 11.1. The molecule has 0 radical (unpaired) electrons. The normalized spacial score (nSPS) is 10.5. The number of aliphatic hydroxyl groups excluding tert-OH is 1. The number of aromatic amines is 1. The van der Waals surface area contributed by atoms with Gasteiger partial charge < -0.3 is 26.9 Å². The van der Waals surface area contributed by atoms with E-state index in [1.54, 1.807) is 18.2 Å². The van der Waals surface area contributed by atoms with E-state index in [4.69, 9.17) is 28.2 Å². The number of amides is 1. The van der Waals surface area contributed by atoms with E-state index in [2.05, 4.69) is 32.1 Å². The van der Waals surface area contributed by atoms with E-state index in [0.717, 1.165) is 22.4 Å². The highest BCUT2D eigenvalue weighted by molar-refractivity contribution is 6.31. The molecule has 0 atom stereocenters. The molecule has 2 heterocycles. The summed E-state index contributed by atoms with van der Waals surface area (Å²) < 4.78 is 0. The number of nitrogens with two attached hydrogens (primary N) is 2. The minimum atomic E-state index is -0.597. The monoisotopic (exact) mass is 486 g/mol. The molecule has 0 aliphatic rings. The van der Waals surface area contributed by atoms with E-state index < -0.39 is 5.91 Å². The van der Waals surface area contributed by atoms with E-state index in [-0.39, 0.29) is 12.6 Å². The Morgan fingerprint density at radius 3 is 2.71 bits per heavy atom. The number of hydrogen-bond acceptors (Lipinski definition) is 6. The van der Waals surface area contributed by atoms with Gasteiger partial charge in [0.15, 0.2) is 0 Å². The van der Waals surface area contributed by atoms with Gasteiger partial charge in [-0.05, 0) is 42.8 Å². The Hall–Kier alpha value is -4.32. The van der Waals surface area contributed by atoms with Crippen LogP contribution in [0.3, 0.4) is 0 Å². The Morgan fingerprint density at radius 2 is 1.94 bits per heavy atom. The predicted octanol–water partition coefficient (Wildman–Crippen LogP) is 3.59. The lowest BCUT2D eigenvalue weighted by Gasteiger charge is -2.07. The maximum absolute atomic E-state index is 12.3. The van der Waals surface area contributed by atoms with Crippen molar-refractivity contribution in [3.63, 3.8) is 0 Å². The second-order valence-corrected chi connectivity index (χ2v) is 8.17. The van der Waals surface area contributed by atoms with Gasteiger partial charge in [0.05, 0.1) is 29.1 Å². The molecule has 2 aromatic carbocycles. The van der Waals surface area contributed by atoms with Crippen molar-refractivity contribution < 1.29 is 9.90 Å². The fourth-order valence-electron chi connectivity index (χ4n) is 3.62. The lowest BCUT2D eigenvalue weighted by molar-refractivity contribution is 0.100. The molecule has 0 saturated carbocycles. The third kappa shape index (κ3) is 5.27. The van der Waals surface area contributed by atoms with Gasteiger partial charge in [0, 0.05) is 34.6 Å². The number of hydrogen-bond donors (Lipinski definition) is 5. The number of carbonyl (C=O) groups is 1. The Bertz CT molecular complexity index is 1470. The second kappa shape index (κ2) is 10.3. The molecule has 176 valence electrons. The molecule has 0 unspecified atom stereocenters. The quantitative estimate of drug-likeness (QED) is 0.263. The largest absolute Gasteiger partial charge is 0.395 e.